The maximum Gasteiger partial charge on any atom is 0.0619 e. The van der Waals surface area contributed by atoms with E-state index < -0.39 is 0 Å². The molecule has 61 valence electrons. The van der Waals surface area contributed by atoms with Crippen molar-refractivity contribution >= 4 is 12.6 Å². The van der Waals surface area contributed by atoms with Crippen molar-refractivity contribution in [3.63, 3.8) is 0 Å². The fraction of sp³-hybridized carbons (Fsp3) is 1.00. The van der Waals surface area contributed by atoms with Crippen molar-refractivity contribution in [2.45, 2.75) is 19.1 Å². The van der Waals surface area contributed by atoms with Gasteiger partial charge in [-0.2, -0.15) is 0 Å². The fourth-order valence-electron chi connectivity index (χ4n) is 0.547. The SMILES string of the molecule is CCOCC([S])COCC. The van der Waals surface area contributed by atoms with Gasteiger partial charge in [0.2, 0.25) is 0 Å². The molecule has 0 spiro atoms. The lowest BCUT2D eigenvalue weighted by Gasteiger charge is -2.08. The number of rotatable bonds is 6. The van der Waals surface area contributed by atoms with E-state index in [1.54, 1.807) is 0 Å². The third-order valence-corrected chi connectivity index (χ3v) is 1.29. The zero-order chi connectivity index (χ0) is 7.82. The standard InChI is InChI=1S/C7H15O2S/c1-3-8-5-7(10)6-9-4-2/h7H,3-6H2,1-2H3. The molecule has 0 saturated carbocycles. The van der Waals surface area contributed by atoms with Crippen LogP contribution in [-0.2, 0) is 9.47 Å². The third-order valence-electron chi connectivity index (χ3n) is 1.02. The zero-order valence-electron chi connectivity index (χ0n) is 6.63. The fourth-order valence-corrected chi connectivity index (χ4v) is 0.739. The molecule has 0 unspecified atom stereocenters. The van der Waals surface area contributed by atoms with E-state index in [-0.39, 0.29) is 5.25 Å². The summed E-state index contributed by atoms with van der Waals surface area (Å²) >= 11 is 5.02. The molecule has 0 aliphatic rings. The predicted molar refractivity (Wildman–Crippen MR) is 44.4 cm³/mol. The first-order chi connectivity index (χ1) is 4.81. The number of hydrogen-bond donors (Lipinski definition) is 0. The summed E-state index contributed by atoms with van der Waals surface area (Å²) in [6.45, 7) is 6.65. The second-order valence-corrected chi connectivity index (χ2v) is 2.61. The van der Waals surface area contributed by atoms with Gasteiger partial charge in [-0.05, 0) is 13.8 Å². The second kappa shape index (κ2) is 7.38. The second-order valence-electron chi connectivity index (χ2n) is 1.94. The summed E-state index contributed by atoms with van der Waals surface area (Å²) < 4.78 is 10.2. The molecule has 0 aromatic rings. The Labute approximate surface area is 68.3 Å². The van der Waals surface area contributed by atoms with Crippen LogP contribution < -0.4 is 0 Å². The lowest BCUT2D eigenvalue weighted by molar-refractivity contribution is 0.0996. The minimum absolute atomic E-state index is 0.111. The third kappa shape index (κ3) is 6.39. The van der Waals surface area contributed by atoms with Crippen LogP contribution in [0.3, 0.4) is 0 Å². The topological polar surface area (TPSA) is 18.5 Å². The van der Waals surface area contributed by atoms with E-state index in [9.17, 15) is 0 Å². The van der Waals surface area contributed by atoms with Crippen LogP contribution >= 0.6 is 12.6 Å². The molecular weight excluding hydrogens is 148 g/mol. The Bertz CT molecular complexity index is 60.6. The van der Waals surface area contributed by atoms with Crippen molar-refractivity contribution in [1.82, 2.24) is 0 Å². The summed E-state index contributed by atoms with van der Waals surface area (Å²) in [7, 11) is 0. The minimum Gasteiger partial charge on any atom is -0.380 e. The van der Waals surface area contributed by atoms with Crippen LogP contribution in [0.4, 0.5) is 0 Å². The van der Waals surface area contributed by atoms with Gasteiger partial charge in [-0.25, -0.2) is 0 Å². The summed E-state index contributed by atoms with van der Waals surface area (Å²) in [4.78, 5) is 0. The van der Waals surface area contributed by atoms with Gasteiger partial charge in [0.05, 0.1) is 18.5 Å². The van der Waals surface area contributed by atoms with Gasteiger partial charge in [0, 0.05) is 13.2 Å². The van der Waals surface area contributed by atoms with Gasteiger partial charge >= 0.3 is 0 Å². The molecule has 3 heteroatoms. The van der Waals surface area contributed by atoms with E-state index in [1.165, 1.54) is 0 Å². The van der Waals surface area contributed by atoms with Crippen molar-refractivity contribution in [2.24, 2.45) is 0 Å². The van der Waals surface area contributed by atoms with Crippen molar-refractivity contribution in [3.05, 3.63) is 0 Å². The van der Waals surface area contributed by atoms with Crippen molar-refractivity contribution in [2.75, 3.05) is 26.4 Å². The maximum atomic E-state index is 5.11. The van der Waals surface area contributed by atoms with E-state index >= 15 is 0 Å². The quantitative estimate of drug-likeness (QED) is 0.592. The van der Waals surface area contributed by atoms with Crippen LogP contribution in [0.2, 0.25) is 0 Å². The summed E-state index contributed by atoms with van der Waals surface area (Å²) in [6, 6.07) is 0. The summed E-state index contributed by atoms with van der Waals surface area (Å²) in [6.07, 6.45) is 0. The van der Waals surface area contributed by atoms with E-state index in [0.29, 0.717) is 13.2 Å². The molecule has 0 atom stereocenters. The van der Waals surface area contributed by atoms with Gasteiger partial charge in [0.25, 0.3) is 0 Å². The monoisotopic (exact) mass is 163 g/mol. The van der Waals surface area contributed by atoms with Crippen molar-refractivity contribution in [1.29, 1.82) is 0 Å². The highest BCUT2D eigenvalue weighted by atomic mass is 32.1. The minimum atomic E-state index is 0.111. The maximum absolute atomic E-state index is 5.11. The van der Waals surface area contributed by atoms with E-state index in [4.69, 9.17) is 22.1 Å². The van der Waals surface area contributed by atoms with Crippen LogP contribution in [0, 0.1) is 0 Å². The molecule has 0 heterocycles. The molecule has 0 aliphatic heterocycles. The van der Waals surface area contributed by atoms with Gasteiger partial charge < -0.3 is 9.47 Å². The molecule has 0 saturated heterocycles. The Morgan fingerprint density at radius 3 is 1.80 bits per heavy atom. The highest BCUT2D eigenvalue weighted by Crippen LogP contribution is 1.96. The summed E-state index contributed by atoms with van der Waals surface area (Å²) in [5.74, 6) is 0. The van der Waals surface area contributed by atoms with Crippen LogP contribution in [0.1, 0.15) is 13.8 Å². The van der Waals surface area contributed by atoms with Gasteiger partial charge in [0.1, 0.15) is 0 Å². The molecule has 0 aliphatic carbocycles. The molecule has 0 rings (SSSR count). The van der Waals surface area contributed by atoms with Crippen LogP contribution in [0.15, 0.2) is 0 Å². The summed E-state index contributed by atoms with van der Waals surface area (Å²) in [5, 5.41) is 0.111. The molecule has 0 aromatic carbocycles. The Morgan fingerprint density at radius 1 is 1.10 bits per heavy atom. The van der Waals surface area contributed by atoms with E-state index in [2.05, 4.69) is 0 Å². The molecule has 0 aromatic heterocycles. The molecule has 0 N–H and O–H groups in total. The lowest BCUT2D eigenvalue weighted by Crippen LogP contribution is -2.16. The highest BCUT2D eigenvalue weighted by molar-refractivity contribution is 7.81. The molecule has 0 fully saturated rings. The zero-order valence-corrected chi connectivity index (χ0v) is 7.45. The average molecular weight is 163 g/mol. The van der Waals surface area contributed by atoms with Crippen LogP contribution in [0.25, 0.3) is 0 Å². The average Bonchev–Trinajstić information content (AvgIpc) is 1.97. The first-order valence-electron chi connectivity index (χ1n) is 3.62. The van der Waals surface area contributed by atoms with Crippen molar-refractivity contribution in [3.8, 4) is 0 Å². The Kier molecular flexibility index (Phi) is 7.58. The summed E-state index contributed by atoms with van der Waals surface area (Å²) in [5.41, 5.74) is 0. The van der Waals surface area contributed by atoms with Crippen LogP contribution in [0.5, 0.6) is 0 Å². The first-order valence-corrected chi connectivity index (χ1v) is 4.09. The van der Waals surface area contributed by atoms with Crippen molar-refractivity contribution < 1.29 is 9.47 Å². The van der Waals surface area contributed by atoms with Gasteiger partial charge in [-0.15, -0.1) is 0 Å². The Balaban J connectivity index is 3.00. The lowest BCUT2D eigenvalue weighted by atomic mass is 10.5. The van der Waals surface area contributed by atoms with E-state index in [0.717, 1.165) is 13.2 Å². The predicted octanol–water partition coefficient (Wildman–Crippen LogP) is 1.63. The Morgan fingerprint density at radius 2 is 1.50 bits per heavy atom. The number of hydrogen-bond acceptors (Lipinski definition) is 2. The molecule has 10 heavy (non-hydrogen) atoms. The molecule has 0 bridgehead atoms. The smallest absolute Gasteiger partial charge is 0.0619 e. The van der Waals surface area contributed by atoms with Gasteiger partial charge in [-0.1, -0.05) is 12.6 Å². The van der Waals surface area contributed by atoms with Gasteiger partial charge in [0.15, 0.2) is 0 Å². The largest absolute Gasteiger partial charge is 0.380 e. The number of ether oxygens (including phenoxy) is 2. The molecule has 1 radical (unpaired) electrons. The molecular formula is C7H15O2S. The highest BCUT2D eigenvalue weighted by Gasteiger charge is 2.01. The van der Waals surface area contributed by atoms with Gasteiger partial charge in [-0.3, -0.25) is 0 Å². The Hall–Kier alpha value is 0.270. The molecule has 0 amide bonds. The van der Waals surface area contributed by atoms with E-state index in [1.807, 2.05) is 13.8 Å². The first kappa shape index (κ1) is 10.3. The normalized spacial score (nSPS) is 10.8. The molecule has 2 nitrogen and oxygen atoms in total. The van der Waals surface area contributed by atoms with Crippen LogP contribution in [-0.4, -0.2) is 31.7 Å².